The van der Waals surface area contributed by atoms with E-state index in [0.717, 1.165) is 38.6 Å². The first-order chi connectivity index (χ1) is 9.15. The molecule has 0 saturated carbocycles. The number of unbranched alkanes of at least 4 members (excludes halogenated alkanes) is 1. The number of benzene rings is 1. The van der Waals surface area contributed by atoms with E-state index < -0.39 is 0 Å². The zero-order valence-corrected chi connectivity index (χ0v) is 13.4. The number of nitrogens with zero attached hydrogens (tertiary/aromatic N) is 1. The Morgan fingerprint density at radius 2 is 1.90 bits per heavy atom. The van der Waals surface area contributed by atoms with Crippen LogP contribution in [0.3, 0.4) is 0 Å². The van der Waals surface area contributed by atoms with Crippen molar-refractivity contribution in [3.63, 3.8) is 0 Å². The van der Waals surface area contributed by atoms with Gasteiger partial charge in [-0.05, 0) is 31.2 Å². The lowest BCUT2D eigenvalue weighted by Gasteiger charge is -2.21. The van der Waals surface area contributed by atoms with Gasteiger partial charge in [-0.25, -0.2) is 0 Å². The number of halogens is 1. The molecule has 1 aromatic carbocycles. The van der Waals surface area contributed by atoms with Crippen molar-refractivity contribution < 1.29 is 4.79 Å². The lowest BCUT2D eigenvalue weighted by Crippen LogP contribution is -2.42. The fourth-order valence-electron chi connectivity index (χ4n) is 2.15. The Morgan fingerprint density at radius 1 is 1.25 bits per heavy atom. The van der Waals surface area contributed by atoms with Crippen molar-refractivity contribution >= 4 is 18.3 Å². The number of likely N-dealkylation sites (N-methyl/N-ethyl adjacent to an activating group) is 1. The number of carbonyl (C=O) groups is 1. The molecule has 0 aliphatic carbocycles. The predicted octanol–water partition coefficient (Wildman–Crippen LogP) is 3.02. The minimum atomic E-state index is -0.330. The first-order valence-corrected chi connectivity index (χ1v) is 7.19. The van der Waals surface area contributed by atoms with Crippen LogP contribution in [0.5, 0.6) is 0 Å². The summed E-state index contributed by atoms with van der Waals surface area (Å²) < 4.78 is 0. The molecule has 114 valence electrons. The van der Waals surface area contributed by atoms with Crippen molar-refractivity contribution in [2.75, 3.05) is 13.6 Å². The molecular formula is C16H27ClN2O. The highest BCUT2D eigenvalue weighted by atomic mass is 35.5. The maximum atomic E-state index is 11.9. The summed E-state index contributed by atoms with van der Waals surface area (Å²) in [4.78, 5) is 13.7. The average Bonchev–Trinajstić information content (AvgIpc) is 2.44. The summed E-state index contributed by atoms with van der Waals surface area (Å²) in [7, 11) is 1.85. The highest BCUT2D eigenvalue weighted by Crippen LogP contribution is 2.06. The molecule has 3 nitrogen and oxygen atoms in total. The topological polar surface area (TPSA) is 46.3 Å². The fourth-order valence-corrected chi connectivity index (χ4v) is 2.15. The molecular weight excluding hydrogens is 272 g/mol. The van der Waals surface area contributed by atoms with Gasteiger partial charge in [-0.1, -0.05) is 43.7 Å². The number of amides is 1. The number of hydrogen-bond donors (Lipinski definition) is 1. The van der Waals surface area contributed by atoms with E-state index in [2.05, 4.69) is 24.3 Å². The first-order valence-electron chi connectivity index (χ1n) is 7.19. The zero-order valence-electron chi connectivity index (χ0n) is 12.5. The van der Waals surface area contributed by atoms with Gasteiger partial charge in [0.05, 0.1) is 6.04 Å². The smallest absolute Gasteiger partial charge is 0.239 e. The Bertz CT molecular complexity index is 370. The van der Waals surface area contributed by atoms with Crippen LogP contribution in [0.15, 0.2) is 30.3 Å². The van der Waals surface area contributed by atoms with Gasteiger partial charge in [0, 0.05) is 13.6 Å². The van der Waals surface area contributed by atoms with E-state index >= 15 is 0 Å². The molecule has 1 amide bonds. The molecule has 0 heterocycles. The van der Waals surface area contributed by atoms with Crippen molar-refractivity contribution in [3.8, 4) is 0 Å². The molecule has 4 heteroatoms. The molecule has 1 aromatic rings. The van der Waals surface area contributed by atoms with Crippen LogP contribution in [-0.4, -0.2) is 30.4 Å². The second-order valence-corrected chi connectivity index (χ2v) is 5.10. The molecule has 2 N–H and O–H groups in total. The van der Waals surface area contributed by atoms with Crippen molar-refractivity contribution in [1.29, 1.82) is 0 Å². The van der Waals surface area contributed by atoms with E-state index in [9.17, 15) is 4.79 Å². The van der Waals surface area contributed by atoms with Gasteiger partial charge in [0.15, 0.2) is 0 Å². The number of rotatable bonds is 8. The molecule has 0 aliphatic rings. The van der Waals surface area contributed by atoms with Crippen LogP contribution in [0, 0.1) is 0 Å². The van der Waals surface area contributed by atoms with E-state index in [1.165, 1.54) is 5.56 Å². The maximum Gasteiger partial charge on any atom is 0.239 e. The third-order valence-electron chi connectivity index (χ3n) is 3.34. The van der Waals surface area contributed by atoms with Gasteiger partial charge in [-0.3, -0.25) is 4.79 Å². The third kappa shape index (κ3) is 6.92. The Balaban J connectivity index is 0.00000361. The highest BCUT2D eigenvalue weighted by Gasteiger charge is 2.16. The van der Waals surface area contributed by atoms with Crippen LogP contribution < -0.4 is 5.73 Å². The Hall–Kier alpha value is -1.06. The summed E-state index contributed by atoms with van der Waals surface area (Å²) in [6.45, 7) is 2.84. The SMILES string of the molecule is CCCC(N)C(=O)N(C)CCCCc1ccccc1.Cl. The molecule has 0 bridgehead atoms. The minimum Gasteiger partial charge on any atom is -0.344 e. The molecule has 1 atom stereocenters. The Kier molecular flexibility index (Phi) is 10.1. The van der Waals surface area contributed by atoms with Crippen molar-refractivity contribution in [2.24, 2.45) is 5.73 Å². The maximum absolute atomic E-state index is 11.9. The molecule has 0 radical (unpaired) electrons. The van der Waals surface area contributed by atoms with Crippen LogP contribution in [-0.2, 0) is 11.2 Å². The second kappa shape index (κ2) is 10.7. The second-order valence-electron chi connectivity index (χ2n) is 5.10. The number of carbonyl (C=O) groups excluding carboxylic acids is 1. The van der Waals surface area contributed by atoms with Gasteiger partial charge < -0.3 is 10.6 Å². The minimum absolute atomic E-state index is 0. The van der Waals surface area contributed by atoms with Crippen LogP contribution in [0.1, 0.15) is 38.2 Å². The number of nitrogens with two attached hydrogens (primary N) is 1. The van der Waals surface area contributed by atoms with Gasteiger partial charge in [0.2, 0.25) is 5.91 Å². The van der Waals surface area contributed by atoms with Crippen LogP contribution >= 0.6 is 12.4 Å². The lowest BCUT2D eigenvalue weighted by molar-refractivity contribution is -0.131. The molecule has 0 aliphatic heterocycles. The molecule has 0 saturated heterocycles. The fraction of sp³-hybridized carbons (Fsp3) is 0.562. The Labute approximate surface area is 128 Å². The zero-order chi connectivity index (χ0) is 14.1. The van der Waals surface area contributed by atoms with Gasteiger partial charge in [-0.15, -0.1) is 12.4 Å². The van der Waals surface area contributed by atoms with E-state index in [4.69, 9.17) is 5.73 Å². The van der Waals surface area contributed by atoms with E-state index in [-0.39, 0.29) is 24.4 Å². The van der Waals surface area contributed by atoms with Crippen molar-refractivity contribution in [2.45, 2.75) is 45.1 Å². The molecule has 0 spiro atoms. The molecule has 1 rings (SSSR count). The molecule has 0 fully saturated rings. The predicted molar refractivity (Wildman–Crippen MR) is 87.1 cm³/mol. The van der Waals surface area contributed by atoms with Crippen LogP contribution in [0.4, 0.5) is 0 Å². The normalized spacial score (nSPS) is 11.6. The summed E-state index contributed by atoms with van der Waals surface area (Å²) >= 11 is 0. The van der Waals surface area contributed by atoms with E-state index in [1.54, 1.807) is 4.90 Å². The van der Waals surface area contributed by atoms with Crippen LogP contribution in [0.25, 0.3) is 0 Å². The lowest BCUT2D eigenvalue weighted by atomic mass is 10.1. The van der Waals surface area contributed by atoms with Crippen molar-refractivity contribution in [3.05, 3.63) is 35.9 Å². The van der Waals surface area contributed by atoms with Gasteiger partial charge >= 0.3 is 0 Å². The summed E-state index contributed by atoms with van der Waals surface area (Å²) in [5.41, 5.74) is 7.19. The molecule has 0 aromatic heterocycles. The quantitative estimate of drug-likeness (QED) is 0.750. The summed E-state index contributed by atoms with van der Waals surface area (Å²) in [5, 5.41) is 0. The third-order valence-corrected chi connectivity index (χ3v) is 3.34. The standard InChI is InChI=1S/C16H26N2O.ClH/c1-3-9-15(17)16(19)18(2)13-8-7-12-14-10-5-4-6-11-14;/h4-6,10-11,15H,3,7-9,12-13,17H2,1-2H3;1H. The van der Waals surface area contributed by atoms with Crippen LogP contribution in [0.2, 0.25) is 0 Å². The van der Waals surface area contributed by atoms with Gasteiger partial charge in [0.1, 0.15) is 0 Å². The summed E-state index contributed by atoms with van der Waals surface area (Å²) in [6, 6.07) is 10.1. The monoisotopic (exact) mass is 298 g/mol. The number of aryl methyl sites for hydroxylation is 1. The van der Waals surface area contributed by atoms with Crippen molar-refractivity contribution in [1.82, 2.24) is 4.90 Å². The first kappa shape index (κ1) is 18.9. The van der Waals surface area contributed by atoms with E-state index in [1.807, 2.05) is 20.0 Å². The molecule has 1 unspecified atom stereocenters. The molecule has 20 heavy (non-hydrogen) atoms. The average molecular weight is 299 g/mol. The van der Waals surface area contributed by atoms with E-state index in [0.29, 0.717) is 0 Å². The van der Waals surface area contributed by atoms with Gasteiger partial charge in [-0.2, -0.15) is 0 Å². The Morgan fingerprint density at radius 3 is 2.50 bits per heavy atom. The number of hydrogen-bond acceptors (Lipinski definition) is 2. The largest absolute Gasteiger partial charge is 0.344 e. The highest BCUT2D eigenvalue weighted by molar-refractivity contribution is 5.85. The summed E-state index contributed by atoms with van der Waals surface area (Å²) in [6.07, 6.45) is 4.92. The summed E-state index contributed by atoms with van der Waals surface area (Å²) in [5.74, 6) is 0.0709. The van der Waals surface area contributed by atoms with Gasteiger partial charge in [0.25, 0.3) is 0 Å².